The van der Waals surface area contributed by atoms with E-state index in [2.05, 4.69) is 17.6 Å². The van der Waals surface area contributed by atoms with Crippen LogP contribution in [0.2, 0.25) is 0 Å². The van der Waals surface area contributed by atoms with E-state index in [4.69, 9.17) is 0 Å². The van der Waals surface area contributed by atoms with Crippen molar-refractivity contribution in [1.82, 2.24) is 5.32 Å². The summed E-state index contributed by atoms with van der Waals surface area (Å²) in [4.78, 5) is 39.5. The molecule has 0 bridgehead atoms. The molecular formula is C27H33N3O3. The Morgan fingerprint density at radius 2 is 1.85 bits per heavy atom. The summed E-state index contributed by atoms with van der Waals surface area (Å²) in [7, 11) is 0. The van der Waals surface area contributed by atoms with E-state index in [1.54, 1.807) is 23.1 Å². The number of rotatable bonds is 5. The van der Waals surface area contributed by atoms with Gasteiger partial charge in [0.2, 0.25) is 5.91 Å². The molecule has 2 fully saturated rings. The second kappa shape index (κ2) is 10.2. The van der Waals surface area contributed by atoms with Crippen LogP contribution in [-0.2, 0) is 14.4 Å². The average molecular weight is 448 g/mol. The molecule has 1 saturated carbocycles. The van der Waals surface area contributed by atoms with Gasteiger partial charge < -0.3 is 15.5 Å². The van der Waals surface area contributed by atoms with E-state index >= 15 is 0 Å². The number of carbonyl (C=O) groups is 3. The summed E-state index contributed by atoms with van der Waals surface area (Å²) in [6, 6.07) is 15.0. The SMILES string of the molecule is Cc1ccccc1[C@H](NC(=O)C(=O)Nc1cccc(N2CCCC2=O)c1)[C@@H]1CCC[C@@H](C)C1. The average Bonchev–Trinajstić information content (AvgIpc) is 3.24. The van der Waals surface area contributed by atoms with E-state index in [0.717, 1.165) is 42.5 Å². The first-order valence-electron chi connectivity index (χ1n) is 12.0. The van der Waals surface area contributed by atoms with Gasteiger partial charge in [-0.3, -0.25) is 14.4 Å². The number of benzene rings is 2. The molecule has 2 aromatic rings. The van der Waals surface area contributed by atoms with Crippen LogP contribution in [0.25, 0.3) is 0 Å². The topological polar surface area (TPSA) is 78.5 Å². The van der Waals surface area contributed by atoms with Crippen LogP contribution in [0, 0.1) is 18.8 Å². The number of nitrogens with zero attached hydrogens (tertiary/aromatic N) is 1. The lowest BCUT2D eigenvalue weighted by molar-refractivity contribution is -0.137. The van der Waals surface area contributed by atoms with Crippen LogP contribution in [0.3, 0.4) is 0 Å². The Morgan fingerprint density at radius 1 is 1.03 bits per heavy atom. The van der Waals surface area contributed by atoms with Crippen LogP contribution >= 0.6 is 0 Å². The van der Waals surface area contributed by atoms with Crippen molar-refractivity contribution in [2.75, 3.05) is 16.8 Å². The van der Waals surface area contributed by atoms with Gasteiger partial charge in [-0.25, -0.2) is 0 Å². The highest BCUT2D eigenvalue weighted by Crippen LogP contribution is 2.38. The lowest BCUT2D eigenvalue weighted by atomic mass is 9.76. The van der Waals surface area contributed by atoms with E-state index in [1.807, 2.05) is 37.3 Å². The Morgan fingerprint density at radius 3 is 2.58 bits per heavy atom. The molecule has 174 valence electrons. The van der Waals surface area contributed by atoms with Crippen molar-refractivity contribution in [2.24, 2.45) is 11.8 Å². The van der Waals surface area contributed by atoms with Crippen LogP contribution in [0.15, 0.2) is 48.5 Å². The van der Waals surface area contributed by atoms with Gasteiger partial charge in [0.25, 0.3) is 0 Å². The summed E-state index contributed by atoms with van der Waals surface area (Å²) in [5.74, 6) is -0.335. The van der Waals surface area contributed by atoms with Gasteiger partial charge in [-0.2, -0.15) is 0 Å². The molecule has 6 heteroatoms. The number of amides is 3. The molecule has 2 N–H and O–H groups in total. The zero-order valence-electron chi connectivity index (χ0n) is 19.5. The van der Waals surface area contributed by atoms with Crippen molar-refractivity contribution >= 4 is 29.1 Å². The highest BCUT2D eigenvalue weighted by atomic mass is 16.2. The molecule has 2 aromatic carbocycles. The fourth-order valence-corrected chi connectivity index (χ4v) is 5.24. The molecule has 2 aliphatic rings. The molecule has 1 aliphatic heterocycles. The molecule has 3 atom stereocenters. The van der Waals surface area contributed by atoms with Crippen LogP contribution in [0.5, 0.6) is 0 Å². The van der Waals surface area contributed by atoms with Crippen molar-refractivity contribution < 1.29 is 14.4 Å². The molecule has 0 radical (unpaired) electrons. The molecule has 0 unspecified atom stereocenters. The first-order valence-corrected chi connectivity index (χ1v) is 12.0. The Bertz CT molecular complexity index is 1030. The first-order chi connectivity index (χ1) is 15.9. The van der Waals surface area contributed by atoms with Crippen LogP contribution in [-0.4, -0.2) is 24.3 Å². The van der Waals surface area contributed by atoms with E-state index in [9.17, 15) is 14.4 Å². The Balaban J connectivity index is 1.48. The zero-order valence-corrected chi connectivity index (χ0v) is 19.5. The Kier molecular flexibility index (Phi) is 7.11. The van der Waals surface area contributed by atoms with Crippen LogP contribution in [0.1, 0.15) is 62.6 Å². The maximum atomic E-state index is 13.0. The smallest absolute Gasteiger partial charge is 0.313 e. The molecule has 4 rings (SSSR count). The van der Waals surface area contributed by atoms with Crippen molar-refractivity contribution in [1.29, 1.82) is 0 Å². The maximum Gasteiger partial charge on any atom is 0.313 e. The van der Waals surface area contributed by atoms with E-state index in [0.29, 0.717) is 30.5 Å². The minimum absolute atomic E-state index is 0.0824. The Labute approximate surface area is 195 Å². The van der Waals surface area contributed by atoms with E-state index in [-0.39, 0.29) is 11.9 Å². The number of anilines is 2. The number of aryl methyl sites for hydroxylation is 1. The molecule has 3 amide bonds. The lowest BCUT2D eigenvalue weighted by Crippen LogP contribution is -2.41. The minimum Gasteiger partial charge on any atom is -0.341 e. The molecule has 6 nitrogen and oxygen atoms in total. The standard InChI is InChI=1S/C27H33N3O3/c1-18-8-5-10-20(16-18)25(23-13-4-3-9-19(23)2)29-27(33)26(32)28-21-11-6-12-22(17-21)30-15-7-14-24(30)31/h3-4,6,9,11-13,17-18,20,25H,5,7-8,10,14-16H2,1-2H3,(H,28,32)(H,29,33)/t18-,20-,25-/m1/s1. The molecular weight excluding hydrogens is 414 g/mol. The van der Waals surface area contributed by atoms with Crippen molar-refractivity contribution in [3.8, 4) is 0 Å². The van der Waals surface area contributed by atoms with Crippen molar-refractivity contribution in [3.05, 3.63) is 59.7 Å². The fourth-order valence-electron chi connectivity index (χ4n) is 5.24. The highest BCUT2D eigenvalue weighted by Gasteiger charge is 2.31. The summed E-state index contributed by atoms with van der Waals surface area (Å²) in [6.45, 7) is 4.98. The number of hydrogen-bond acceptors (Lipinski definition) is 3. The molecule has 0 spiro atoms. The van der Waals surface area contributed by atoms with E-state index < -0.39 is 11.8 Å². The molecule has 1 aliphatic carbocycles. The van der Waals surface area contributed by atoms with Gasteiger partial charge in [0.1, 0.15) is 0 Å². The quantitative estimate of drug-likeness (QED) is 0.650. The monoisotopic (exact) mass is 447 g/mol. The zero-order chi connectivity index (χ0) is 23.4. The van der Waals surface area contributed by atoms with Gasteiger partial charge in [0.15, 0.2) is 0 Å². The van der Waals surface area contributed by atoms with Gasteiger partial charge >= 0.3 is 11.8 Å². The summed E-state index contributed by atoms with van der Waals surface area (Å²) in [6.07, 6.45) is 5.79. The van der Waals surface area contributed by atoms with Gasteiger partial charge in [0.05, 0.1) is 6.04 Å². The third-order valence-electron chi connectivity index (χ3n) is 6.95. The molecule has 33 heavy (non-hydrogen) atoms. The van der Waals surface area contributed by atoms with Gasteiger partial charge in [-0.05, 0) is 67.3 Å². The number of hydrogen-bond donors (Lipinski definition) is 2. The first kappa shape index (κ1) is 23.0. The normalized spacial score (nSPS) is 21.5. The molecule has 1 saturated heterocycles. The highest BCUT2D eigenvalue weighted by molar-refractivity contribution is 6.39. The van der Waals surface area contributed by atoms with Crippen molar-refractivity contribution in [3.63, 3.8) is 0 Å². The maximum absolute atomic E-state index is 13.0. The fraction of sp³-hybridized carbons (Fsp3) is 0.444. The second-order valence-electron chi connectivity index (χ2n) is 9.49. The predicted octanol–water partition coefficient (Wildman–Crippen LogP) is 4.74. The lowest BCUT2D eigenvalue weighted by Gasteiger charge is -2.34. The summed E-state index contributed by atoms with van der Waals surface area (Å²) in [5, 5.41) is 5.76. The summed E-state index contributed by atoms with van der Waals surface area (Å²) >= 11 is 0. The summed E-state index contributed by atoms with van der Waals surface area (Å²) in [5.41, 5.74) is 3.44. The molecule has 1 heterocycles. The molecule has 0 aromatic heterocycles. The van der Waals surface area contributed by atoms with Crippen LogP contribution < -0.4 is 15.5 Å². The van der Waals surface area contributed by atoms with Crippen molar-refractivity contribution in [2.45, 2.75) is 58.4 Å². The minimum atomic E-state index is -0.692. The summed E-state index contributed by atoms with van der Waals surface area (Å²) < 4.78 is 0. The largest absolute Gasteiger partial charge is 0.341 e. The Hall–Kier alpha value is -3.15. The second-order valence-corrected chi connectivity index (χ2v) is 9.49. The van der Waals surface area contributed by atoms with Gasteiger partial charge in [-0.1, -0.05) is 50.1 Å². The third-order valence-corrected chi connectivity index (χ3v) is 6.95. The number of carbonyl (C=O) groups excluding carboxylic acids is 3. The number of nitrogens with one attached hydrogen (secondary N) is 2. The van der Waals surface area contributed by atoms with Gasteiger partial charge in [0, 0.05) is 24.3 Å². The van der Waals surface area contributed by atoms with Gasteiger partial charge in [-0.15, -0.1) is 0 Å². The predicted molar refractivity (Wildman–Crippen MR) is 130 cm³/mol. The third kappa shape index (κ3) is 5.44. The van der Waals surface area contributed by atoms with Crippen LogP contribution in [0.4, 0.5) is 11.4 Å². The van der Waals surface area contributed by atoms with E-state index in [1.165, 1.54) is 6.42 Å².